The molecule has 6 heteroatoms. The molecule has 5 nitrogen and oxygen atoms in total. The summed E-state index contributed by atoms with van der Waals surface area (Å²) < 4.78 is 0. The van der Waals surface area contributed by atoms with Crippen molar-refractivity contribution in [1.29, 1.82) is 0 Å². The Labute approximate surface area is 117 Å². The lowest BCUT2D eigenvalue weighted by Gasteiger charge is -2.16. The molecule has 0 spiro atoms. The molecule has 0 radical (unpaired) electrons. The van der Waals surface area contributed by atoms with Crippen LogP contribution in [0.5, 0.6) is 0 Å². The van der Waals surface area contributed by atoms with E-state index in [0.717, 1.165) is 19.3 Å². The first kappa shape index (κ1) is 15.7. The van der Waals surface area contributed by atoms with Crippen LogP contribution in [-0.2, 0) is 0 Å². The molecule has 1 aromatic heterocycles. The number of aromatic carboxylic acids is 1. The van der Waals surface area contributed by atoms with Gasteiger partial charge in [-0.15, -0.1) is 0 Å². The Kier molecular flexibility index (Phi) is 6.59. The summed E-state index contributed by atoms with van der Waals surface area (Å²) in [4.78, 5) is 14.9. The fourth-order valence-corrected chi connectivity index (χ4v) is 2.06. The van der Waals surface area contributed by atoms with Gasteiger partial charge in [0.15, 0.2) is 5.69 Å². The van der Waals surface area contributed by atoms with Gasteiger partial charge in [-0.05, 0) is 30.9 Å². The summed E-state index contributed by atoms with van der Waals surface area (Å²) in [5.74, 6) is -0.310. The number of aliphatic hydroxyl groups excluding tert-OH is 1. The molecule has 0 aliphatic carbocycles. The zero-order valence-electron chi connectivity index (χ0n) is 10.9. The van der Waals surface area contributed by atoms with E-state index in [9.17, 15) is 4.79 Å². The van der Waals surface area contributed by atoms with E-state index in [1.54, 1.807) is 6.07 Å². The van der Waals surface area contributed by atoms with Crippen molar-refractivity contribution in [3.05, 3.63) is 22.8 Å². The molecule has 0 amide bonds. The summed E-state index contributed by atoms with van der Waals surface area (Å²) in [6.45, 7) is 2.90. The highest BCUT2D eigenvalue weighted by atomic mass is 35.5. The van der Waals surface area contributed by atoms with Gasteiger partial charge < -0.3 is 15.5 Å². The molecule has 0 saturated carbocycles. The van der Waals surface area contributed by atoms with E-state index in [1.807, 2.05) is 0 Å². The number of hydrogen-bond donors (Lipinski definition) is 3. The molecule has 19 heavy (non-hydrogen) atoms. The Hall–Kier alpha value is -1.33. The molecular formula is C13H19ClN2O3. The first-order chi connectivity index (χ1) is 9.08. The lowest BCUT2D eigenvalue weighted by atomic mass is 10.0. The molecule has 1 atom stereocenters. The second kappa shape index (κ2) is 7.96. The normalized spacial score (nSPS) is 12.2. The molecule has 0 aliphatic rings. The van der Waals surface area contributed by atoms with E-state index in [2.05, 4.69) is 17.2 Å². The van der Waals surface area contributed by atoms with E-state index in [1.165, 1.54) is 6.07 Å². The zero-order valence-corrected chi connectivity index (χ0v) is 11.7. The number of rotatable bonds is 8. The molecule has 1 heterocycles. The molecule has 0 saturated heterocycles. The largest absolute Gasteiger partial charge is 0.476 e. The van der Waals surface area contributed by atoms with Crippen molar-refractivity contribution in [3.63, 3.8) is 0 Å². The summed E-state index contributed by atoms with van der Waals surface area (Å²) in [5, 5.41) is 21.1. The lowest BCUT2D eigenvalue weighted by molar-refractivity contribution is 0.0691. The molecule has 106 valence electrons. The number of aromatic nitrogens is 1. The molecule has 3 N–H and O–H groups in total. The minimum atomic E-state index is -1.14. The van der Waals surface area contributed by atoms with Gasteiger partial charge in [-0.3, -0.25) is 0 Å². The SMILES string of the molecule is CCCC(CCO)CNc1ccc(Cl)c(C(=O)O)n1. The van der Waals surface area contributed by atoms with Crippen molar-refractivity contribution in [2.24, 2.45) is 5.92 Å². The average Bonchev–Trinajstić information content (AvgIpc) is 2.37. The summed E-state index contributed by atoms with van der Waals surface area (Å²) in [6.07, 6.45) is 2.77. The number of anilines is 1. The fraction of sp³-hybridized carbons (Fsp3) is 0.538. The van der Waals surface area contributed by atoms with Gasteiger partial charge in [0.05, 0.1) is 5.02 Å². The summed E-state index contributed by atoms with van der Waals surface area (Å²) in [5.41, 5.74) is -0.152. The van der Waals surface area contributed by atoms with Gasteiger partial charge in [0.1, 0.15) is 5.82 Å². The third-order valence-electron chi connectivity index (χ3n) is 2.85. The Morgan fingerprint density at radius 2 is 2.21 bits per heavy atom. The maximum absolute atomic E-state index is 10.9. The lowest BCUT2D eigenvalue weighted by Crippen LogP contribution is -2.17. The standard InChI is InChI=1S/C13H19ClN2O3/c1-2-3-9(6-7-17)8-15-11-5-4-10(14)12(16-11)13(18)19/h4-5,9,17H,2-3,6-8H2,1H3,(H,15,16)(H,18,19). The number of carboxylic acid groups (broad SMARTS) is 1. The predicted molar refractivity (Wildman–Crippen MR) is 74.8 cm³/mol. The molecular weight excluding hydrogens is 268 g/mol. The van der Waals surface area contributed by atoms with Gasteiger partial charge in [0, 0.05) is 13.2 Å². The number of carbonyl (C=O) groups is 1. The van der Waals surface area contributed by atoms with E-state index < -0.39 is 5.97 Å². The fourth-order valence-electron chi connectivity index (χ4n) is 1.88. The number of aliphatic hydroxyl groups is 1. The number of hydrogen-bond acceptors (Lipinski definition) is 4. The number of carboxylic acids is 1. The number of nitrogens with one attached hydrogen (secondary N) is 1. The average molecular weight is 287 g/mol. The first-order valence-electron chi connectivity index (χ1n) is 6.33. The molecule has 1 unspecified atom stereocenters. The highest BCUT2D eigenvalue weighted by Crippen LogP contribution is 2.18. The quantitative estimate of drug-likeness (QED) is 0.684. The topological polar surface area (TPSA) is 82.5 Å². The number of pyridine rings is 1. The Morgan fingerprint density at radius 3 is 2.79 bits per heavy atom. The summed E-state index contributed by atoms with van der Waals surface area (Å²) >= 11 is 5.75. The van der Waals surface area contributed by atoms with Crippen molar-refractivity contribution in [2.75, 3.05) is 18.5 Å². The minimum absolute atomic E-state index is 0.124. The van der Waals surface area contributed by atoms with Crippen LogP contribution in [0.1, 0.15) is 36.7 Å². The predicted octanol–water partition coefficient (Wildman–Crippen LogP) is 2.64. The minimum Gasteiger partial charge on any atom is -0.476 e. The highest BCUT2D eigenvalue weighted by molar-refractivity contribution is 6.33. The number of nitrogens with zero attached hydrogens (tertiary/aromatic N) is 1. The molecule has 0 aliphatic heterocycles. The molecule has 0 aromatic carbocycles. The molecule has 1 aromatic rings. The van der Waals surface area contributed by atoms with Crippen molar-refractivity contribution >= 4 is 23.4 Å². The van der Waals surface area contributed by atoms with Crippen molar-refractivity contribution in [3.8, 4) is 0 Å². The molecule has 1 rings (SSSR count). The second-order valence-corrected chi connectivity index (χ2v) is 4.79. The summed E-state index contributed by atoms with van der Waals surface area (Å²) in [7, 11) is 0. The van der Waals surface area contributed by atoms with Gasteiger partial charge >= 0.3 is 5.97 Å². The van der Waals surface area contributed by atoms with Crippen LogP contribution >= 0.6 is 11.6 Å². The van der Waals surface area contributed by atoms with E-state index >= 15 is 0 Å². The van der Waals surface area contributed by atoms with E-state index in [4.69, 9.17) is 21.8 Å². The zero-order chi connectivity index (χ0) is 14.3. The van der Waals surface area contributed by atoms with Crippen molar-refractivity contribution < 1.29 is 15.0 Å². The Bertz CT molecular complexity index is 420. The highest BCUT2D eigenvalue weighted by Gasteiger charge is 2.12. The van der Waals surface area contributed by atoms with Crippen LogP contribution in [0.3, 0.4) is 0 Å². The monoisotopic (exact) mass is 286 g/mol. The van der Waals surface area contributed by atoms with Gasteiger partial charge in [-0.1, -0.05) is 24.9 Å². The van der Waals surface area contributed by atoms with E-state index in [-0.39, 0.29) is 17.3 Å². The molecule has 0 fully saturated rings. The van der Waals surface area contributed by atoms with Crippen molar-refractivity contribution in [2.45, 2.75) is 26.2 Å². The Balaban J connectivity index is 2.66. The van der Waals surface area contributed by atoms with Crippen molar-refractivity contribution in [1.82, 2.24) is 4.98 Å². The van der Waals surface area contributed by atoms with Crippen LogP contribution in [0, 0.1) is 5.92 Å². The first-order valence-corrected chi connectivity index (χ1v) is 6.70. The third kappa shape index (κ3) is 5.04. The third-order valence-corrected chi connectivity index (χ3v) is 3.16. The summed E-state index contributed by atoms with van der Waals surface area (Å²) in [6, 6.07) is 3.16. The van der Waals surface area contributed by atoms with Gasteiger partial charge in [-0.2, -0.15) is 0 Å². The van der Waals surface area contributed by atoms with Crippen LogP contribution in [-0.4, -0.2) is 34.3 Å². The van der Waals surface area contributed by atoms with Gasteiger partial charge in [0.25, 0.3) is 0 Å². The maximum Gasteiger partial charge on any atom is 0.356 e. The smallest absolute Gasteiger partial charge is 0.356 e. The van der Waals surface area contributed by atoms with Crippen LogP contribution in [0.4, 0.5) is 5.82 Å². The van der Waals surface area contributed by atoms with Gasteiger partial charge in [0.2, 0.25) is 0 Å². The van der Waals surface area contributed by atoms with Crippen LogP contribution in [0.25, 0.3) is 0 Å². The Morgan fingerprint density at radius 1 is 1.47 bits per heavy atom. The second-order valence-electron chi connectivity index (χ2n) is 4.38. The van der Waals surface area contributed by atoms with Crippen LogP contribution in [0.2, 0.25) is 5.02 Å². The van der Waals surface area contributed by atoms with E-state index in [0.29, 0.717) is 18.3 Å². The molecule has 0 bridgehead atoms. The number of halogens is 1. The maximum atomic E-state index is 10.9. The van der Waals surface area contributed by atoms with Crippen LogP contribution in [0.15, 0.2) is 12.1 Å². The van der Waals surface area contributed by atoms with Crippen LogP contribution < -0.4 is 5.32 Å². The van der Waals surface area contributed by atoms with Gasteiger partial charge in [-0.25, -0.2) is 9.78 Å².